The van der Waals surface area contributed by atoms with Crippen molar-refractivity contribution in [3.8, 4) is 0 Å². The Morgan fingerprint density at radius 1 is 0.958 bits per heavy atom. The normalized spacial score (nSPS) is 9.67. The summed E-state index contributed by atoms with van der Waals surface area (Å²) in [6.45, 7) is 2.77. The van der Waals surface area contributed by atoms with Gasteiger partial charge in [-0.05, 0) is 38.1 Å². The topological polar surface area (TPSA) is 103 Å². The molecule has 126 valence electrons. The maximum absolute atomic E-state index is 10.9. The highest BCUT2D eigenvalue weighted by molar-refractivity contribution is 6.34. The Hall–Kier alpha value is -2.44. The molecule has 0 amide bonds. The van der Waals surface area contributed by atoms with E-state index in [9.17, 15) is 19.7 Å². The van der Waals surface area contributed by atoms with Gasteiger partial charge in [0.15, 0.2) is 11.6 Å². The number of benzene rings is 2. The van der Waals surface area contributed by atoms with Crippen molar-refractivity contribution in [2.45, 2.75) is 13.8 Å². The molecular formula is C16H14Cl2N2O4. The van der Waals surface area contributed by atoms with Gasteiger partial charge in [0, 0.05) is 28.9 Å². The average molecular weight is 369 g/mol. The molecule has 24 heavy (non-hydrogen) atoms. The van der Waals surface area contributed by atoms with Gasteiger partial charge in [0.25, 0.3) is 5.69 Å². The van der Waals surface area contributed by atoms with Crippen LogP contribution in [0.25, 0.3) is 0 Å². The van der Waals surface area contributed by atoms with Crippen molar-refractivity contribution in [3.05, 3.63) is 67.7 Å². The van der Waals surface area contributed by atoms with Crippen LogP contribution in [0.15, 0.2) is 36.4 Å². The van der Waals surface area contributed by atoms with E-state index in [-0.39, 0.29) is 27.8 Å². The summed E-state index contributed by atoms with van der Waals surface area (Å²) in [4.78, 5) is 31.6. The van der Waals surface area contributed by atoms with Crippen LogP contribution in [0.5, 0.6) is 0 Å². The lowest BCUT2D eigenvalue weighted by atomic mass is 10.1. The Morgan fingerprint density at radius 2 is 1.42 bits per heavy atom. The first-order valence-electron chi connectivity index (χ1n) is 6.64. The largest absolute Gasteiger partial charge is 0.399 e. The van der Waals surface area contributed by atoms with Gasteiger partial charge in [-0.1, -0.05) is 23.2 Å². The van der Waals surface area contributed by atoms with Gasteiger partial charge in [0.05, 0.1) is 15.0 Å². The number of nitro groups is 1. The number of nitrogens with zero attached hydrogens (tertiary/aromatic N) is 1. The standard InChI is InChI=1S/C8H6ClNO3.C8H8ClNO/c1-5(11)7-4-6(10(12)13)2-3-8(7)9;1-5(11)7-4-6(10)2-3-8(7)9/h2-4H,1H3;2-4H,10H2,1H3. The molecule has 6 nitrogen and oxygen atoms in total. The summed E-state index contributed by atoms with van der Waals surface area (Å²) in [5, 5.41) is 11.0. The number of ketones is 2. The van der Waals surface area contributed by atoms with Crippen molar-refractivity contribution in [2.24, 2.45) is 0 Å². The van der Waals surface area contributed by atoms with Crippen LogP contribution < -0.4 is 5.73 Å². The van der Waals surface area contributed by atoms with Crippen molar-refractivity contribution in [1.29, 1.82) is 0 Å². The zero-order chi connectivity index (χ0) is 18.4. The highest BCUT2D eigenvalue weighted by Gasteiger charge is 2.12. The number of nitrogens with two attached hydrogens (primary N) is 1. The van der Waals surface area contributed by atoms with Gasteiger partial charge in [0.1, 0.15) is 0 Å². The lowest BCUT2D eigenvalue weighted by Gasteiger charge is -1.99. The zero-order valence-electron chi connectivity index (χ0n) is 12.9. The molecule has 0 aliphatic rings. The van der Waals surface area contributed by atoms with E-state index in [2.05, 4.69) is 0 Å². The van der Waals surface area contributed by atoms with Gasteiger partial charge >= 0.3 is 0 Å². The number of nitro benzene ring substituents is 1. The van der Waals surface area contributed by atoms with Gasteiger partial charge < -0.3 is 5.73 Å². The third-order valence-electron chi connectivity index (χ3n) is 2.91. The van der Waals surface area contributed by atoms with Crippen molar-refractivity contribution in [2.75, 3.05) is 5.73 Å². The van der Waals surface area contributed by atoms with Crippen LogP contribution in [0, 0.1) is 10.1 Å². The van der Waals surface area contributed by atoms with E-state index in [1.807, 2.05) is 0 Å². The van der Waals surface area contributed by atoms with E-state index in [1.54, 1.807) is 18.2 Å². The second-order valence-electron chi connectivity index (χ2n) is 4.77. The number of non-ortho nitro benzene ring substituents is 1. The third-order valence-corrected chi connectivity index (χ3v) is 3.57. The first-order chi connectivity index (χ1) is 11.1. The van der Waals surface area contributed by atoms with Gasteiger partial charge in [-0.3, -0.25) is 19.7 Å². The Morgan fingerprint density at radius 3 is 1.83 bits per heavy atom. The average Bonchev–Trinajstić information content (AvgIpc) is 2.50. The monoisotopic (exact) mass is 368 g/mol. The number of anilines is 1. The first kappa shape index (κ1) is 19.6. The predicted octanol–water partition coefficient (Wildman–Crippen LogP) is 4.58. The highest BCUT2D eigenvalue weighted by Crippen LogP contribution is 2.22. The quantitative estimate of drug-likeness (QED) is 0.369. The zero-order valence-corrected chi connectivity index (χ0v) is 14.4. The SMILES string of the molecule is CC(=O)c1cc(N)ccc1Cl.CC(=O)c1cc([N+](=O)[O-])ccc1Cl. The molecule has 0 atom stereocenters. The molecule has 0 heterocycles. The van der Waals surface area contributed by atoms with Crippen molar-refractivity contribution >= 4 is 46.1 Å². The molecular weight excluding hydrogens is 355 g/mol. The second kappa shape index (κ2) is 8.42. The molecule has 8 heteroatoms. The molecule has 2 rings (SSSR count). The number of hydrogen-bond donors (Lipinski definition) is 1. The van der Waals surface area contributed by atoms with E-state index in [1.165, 1.54) is 32.0 Å². The van der Waals surface area contributed by atoms with E-state index in [4.69, 9.17) is 28.9 Å². The van der Waals surface area contributed by atoms with Crippen molar-refractivity contribution < 1.29 is 14.5 Å². The number of hydrogen-bond acceptors (Lipinski definition) is 5. The maximum Gasteiger partial charge on any atom is 0.270 e. The summed E-state index contributed by atoms with van der Waals surface area (Å²) in [5.74, 6) is -0.351. The summed E-state index contributed by atoms with van der Waals surface area (Å²) in [5.41, 5.74) is 6.53. The number of halogens is 2. The molecule has 0 aromatic heterocycles. The summed E-state index contributed by atoms with van der Waals surface area (Å²) >= 11 is 11.4. The van der Waals surface area contributed by atoms with Gasteiger partial charge in [-0.25, -0.2) is 0 Å². The minimum absolute atomic E-state index is 0.0673. The van der Waals surface area contributed by atoms with Crippen LogP contribution in [-0.4, -0.2) is 16.5 Å². The van der Waals surface area contributed by atoms with Crippen LogP contribution in [0.2, 0.25) is 10.0 Å². The van der Waals surface area contributed by atoms with Gasteiger partial charge in [-0.15, -0.1) is 0 Å². The lowest BCUT2D eigenvalue weighted by Crippen LogP contribution is -1.96. The van der Waals surface area contributed by atoms with Crippen molar-refractivity contribution in [1.82, 2.24) is 0 Å². The van der Waals surface area contributed by atoms with E-state index >= 15 is 0 Å². The molecule has 0 bridgehead atoms. The fourth-order valence-electron chi connectivity index (χ4n) is 1.71. The van der Waals surface area contributed by atoms with Gasteiger partial charge in [0.2, 0.25) is 0 Å². The third kappa shape index (κ3) is 5.33. The van der Waals surface area contributed by atoms with Crippen LogP contribution in [0.1, 0.15) is 34.6 Å². The minimum atomic E-state index is -0.567. The molecule has 0 fully saturated rings. The Bertz CT molecular complexity index is 807. The summed E-state index contributed by atoms with van der Waals surface area (Å²) in [7, 11) is 0. The van der Waals surface area contributed by atoms with E-state index in [0.29, 0.717) is 16.3 Å². The lowest BCUT2D eigenvalue weighted by molar-refractivity contribution is -0.384. The Balaban J connectivity index is 0.000000243. The predicted molar refractivity (Wildman–Crippen MR) is 94.0 cm³/mol. The number of carbonyl (C=O) groups is 2. The smallest absolute Gasteiger partial charge is 0.270 e. The Labute approximate surface area is 148 Å². The van der Waals surface area contributed by atoms with Crippen LogP contribution in [-0.2, 0) is 0 Å². The molecule has 2 aromatic carbocycles. The molecule has 0 aliphatic carbocycles. The number of nitrogen functional groups attached to an aromatic ring is 1. The molecule has 0 aliphatic heterocycles. The number of rotatable bonds is 3. The summed E-state index contributed by atoms with van der Waals surface area (Å²) < 4.78 is 0. The fourth-order valence-corrected chi connectivity index (χ4v) is 2.21. The van der Waals surface area contributed by atoms with E-state index < -0.39 is 4.92 Å². The molecule has 2 N–H and O–H groups in total. The molecule has 0 radical (unpaired) electrons. The maximum atomic E-state index is 10.9. The first-order valence-corrected chi connectivity index (χ1v) is 7.40. The summed E-state index contributed by atoms with van der Waals surface area (Å²) in [6, 6.07) is 8.63. The fraction of sp³-hybridized carbons (Fsp3) is 0.125. The molecule has 0 saturated carbocycles. The van der Waals surface area contributed by atoms with Crippen LogP contribution in [0.3, 0.4) is 0 Å². The second-order valence-corrected chi connectivity index (χ2v) is 5.59. The molecule has 0 saturated heterocycles. The summed E-state index contributed by atoms with van der Waals surface area (Å²) in [6.07, 6.45) is 0. The van der Waals surface area contributed by atoms with Crippen molar-refractivity contribution in [3.63, 3.8) is 0 Å². The molecule has 0 spiro atoms. The molecule has 2 aromatic rings. The van der Waals surface area contributed by atoms with E-state index in [0.717, 1.165) is 0 Å². The van der Waals surface area contributed by atoms with Crippen LogP contribution >= 0.6 is 23.2 Å². The minimum Gasteiger partial charge on any atom is -0.399 e. The highest BCUT2D eigenvalue weighted by atomic mass is 35.5. The van der Waals surface area contributed by atoms with Gasteiger partial charge in [-0.2, -0.15) is 0 Å². The van der Waals surface area contributed by atoms with Crippen LogP contribution in [0.4, 0.5) is 11.4 Å². The molecule has 0 unspecified atom stereocenters. The Kier molecular flexibility index (Phi) is 6.88. The number of carbonyl (C=O) groups excluding carboxylic acids is 2. The number of Topliss-reactive ketones (excluding diaryl/α,β-unsaturated/α-hetero) is 2.